The normalized spacial score (nSPS) is 10.3. The second-order valence-corrected chi connectivity index (χ2v) is 6.01. The number of rotatable bonds is 4. The van der Waals surface area contributed by atoms with Gasteiger partial charge in [-0.3, -0.25) is 4.79 Å². The summed E-state index contributed by atoms with van der Waals surface area (Å²) >= 11 is 12.8. The van der Waals surface area contributed by atoms with Gasteiger partial charge in [0.1, 0.15) is 18.6 Å². The molecule has 0 saturated carbocycles. The van der Waals surface area contributed by atoms with E-state index in [1.54, 1.807) is 18.2 Å². The third-order valence-corrected chi connectivity index (χ3v) is 3.96. The molecule has 0 aliphatic carbocycles. The van der Waals surface area contributed by atoms with Gasteiger partial charge in [0.15, 0.2) is 0 Å². The van der Waals surface area contributed by atoms with Crippen LogP contribution in [-0.4, -0.2) is 6.29 Å². The number of ether oxygens (including phenoxy) is 1. The molecule has 5 heteroatoms. The van der Waals surface area contributed by atoms with E-state index in [1.807, 2.05) is 18.2 Å². The number of halogens is 3. The molecule has 19 heavy (non-hydrogen) atoms. The largest absolute Gasteiger partial charge is 0.488 e. The zero-order valence-electron chi connectivity index (χ0n) is 9.70. The van der Waals surface area contributed by atoms with Crippen molar-refractivity contribution >= 4 is 49.7 Å². The highest BCUT2D eigenvalue weighted by molar-refractivity contribution is 9.10. The summed E-state index contributed by atoms with van der Waals surface area (Å²) in [6.45, 7) is 0.366. The summed E-state index contributed by atoms with van der Waals surface area (Å²) in [5.41, 5.74) is 1.50. The van der Waals surface area contributed by atoms with Crippen LogP contribution in [0.1, 0.15) is 15.9 Å². The Kier molecular flexibility index (Phi) is 5.02. The van der Waals surface area contributed by atoms with Gasteiger partial charge in [0.25, 0.3) is 0 Å². The fraction of sp³-hybridized carbons (Fsp3) is 0.0714. The Labute approximate surface area is 133 Å². The molecule has 0 saturated heterocycles. The lowest BCUT2D eigenvalue weighted by Crippen LogP contribution is -1.97. The van der Waals surface area contributed by atoms with E-state index in [1.165, 1.54) is 0 Å². The minimum absolute atomic E-state index is 0.366. The lowest BCUT2D eigenvalue weighted by atomic mass is 10.2. The molecule has 2 aromatic rings. The Bertz CT molecular complexity index is 614. The molecule has 0 amide bonds. The van der Waals surface area contributed by atoms with E-state index in [-0.39, 0.29) is 0 Å². The number of hydrogen-bond donors (Lipinski definition) is 0. The molecule has 0 radical (unpaired) electrons. The second kappa shape index (κ2) is 6.55. The predicted molar refractivity (Wildman–Crippen MR) is 83.0 cm³/mol. The van der Waals surface area contributed by atoms with Crippen molar-refractivity contribution in [3.63, 3.8) is 0 Å². The first kappa shape index (κ1) is 14.6. The zero-order chi connectivity index (χ0) is 13.8. The van der Waals surface area contributed by atoms with E-state index in [9.17, 15) is 4.79 Å². The average Bonchev–Trinajstić information content (AvgIpc) is 2.39. The van der Waals surface area contributed by atoms with Crippen molar-refractivity contribution in [2.45, 2.75) is 6.61 Å². The molecule has 0 bridgehead atoms. The Morgan fingerprint density at radius 3 is 2.58 bits per heavy atom. The molecule has 0 aromatic heterocycles. The Morgan fingerprint density at radius 1 is 1.16 bits per heavy atom. The molecule has 2 rings (SSSR count). The number of benzene rings is 2. The maximum Gasteiger partial charge on any atom is 0.150 e. The Morgan fingerprint density at radius 2 is 1.95 bits per heavy atom. The maximum atomic E-state index is 10.6. The third-order valence-electron chi connectivity index (χ3n) is 2.49. The molecule has 0 aliphatic rings. The van der Waals surface area contributed by atoms with Crippen molar-refractivity contribution in [3.05, 3.63) is 61.5 Å². The summed E-state index contributed by atoms with van der Waals surface area (Å²) in [5, 5.41) is 0.648. The Balaban J connectivity index is 2.12. The van der Waals surface area contributed by atoms with Gasteiger partial charge in [0.05, 0.1) is 4.47 Å². The lowest BCUT2D eigenvalue weighted by molar-refractivity contribution is 0.112. The smallest absolute Gasteiger partial charge is 0.150 e. The summed E-state index contributed by atoms with van der Waals surface area (Å²) in [7, 11) is 0. The third kappa shape index (κ3) is 3.81. The fourth-order valence-electron chi connectivity index (χ4n) is 1.50. The van der Waals surface area contributed by atoms with Crippen molar-refractivity contribution in [1.82, 2.24) is 0 Å². The summed E-state index contributed by atoms with van der Waals surface area (Å²) in [6.07, 6.45) is 0.792. The first-order chi connectivity index (χ1) is 9.10. The van der Waals surface area contributed by atoms with Crippen LogP contribution in [0.25, 0.3) is 0 Å². The van der Waals surface area contributed by atoms with Gasteiger partial charge in [-0.25, -0.2) is 0 Å². The van der Waals surface area contributed by atoms with E-state index in [4.69, 9.17) is 16.3 Å². The molecular weight excluding hydrogens is 395 g/mol. The predicted octanol–water partition coefficient (Wildman–Crippen LogP) is 5.26. The topological polar surface area (TPSA) is 26.3 Å². The highest BCUT2D eigenvalue weighted by Crippen LogP contribution is 2.28. The van der Waals surface area contributed by atoms with Crippen molar-refractivity contribution in [2.75, 3.05) is 0 Å². The SMILES string of the molecule is O=Cc1ccc(OCc2ccc(Br)cc2Cl)c(Br)c1. The molecule has 98 valence electrons. The lowest BCUT2D eigenvalue weighted by Gasteiger charge is -2.10. The molecule has 0 aliphatic heterocycles. The first-order valence-corrected chi connectivity index (χ1v) is 7.38. The van der Waals surface area contributed by atoms with E-state index in [0.717, 1.165) is 20.8 Å². The molecule has 0 unspecified atom stereocenters. The van der Waals surface area contributed by atoms with Crippen LogP contribution in [0.5, 0.6) is 5.75 Å². The van der Waals surface area contributed by atoms with Crippen LogP contribution < -0.4 is 4.74 Å². The van der Waals surface area contributed by atoms with Crippen LogP contribution in [0.15, 0.2) is 45.3 Å². The minimum Gasteiger partial charge on any atom is -0.488 e. The van der Waals surface area contributed by atoms with E-state index in [0.29, 0.717) is 22.9 Å². The highest BCUT2D eigenvalue weighted by Gasteiger charge is 2.05. The molecule has 2 aromatic carbocycles. The van der Waals surface area contributed by atoms with Crippen LogP contribution in [0.2, 0.25) is 5.02 Å². The van der Waals surface area contributed by atoms with E-state index < -0.39 is 0 Å². The van der Waals surface area contributed by atoms with Crippen LogP contribution in [-0.2, 0) is 6.61 Å². The standard InChI is InChI=1S/C14H9Br2ClO2/c15-11-3-2-10(13(17)6-11)8-19-14-4-1-9(7-18)5-12(14)16/h1-7H,8H2. The van der Waals surface area contributed by atoms with E-state index >= 15 is 0 Å². The minimum atomic E-state index is 0.366. The fourth-order valence-corrected chi connectivity index (χ4v) is 2.74. The van der Waals surface area contributed by atoms with Gasteiger partial charge in [0, 0.05) is 20.6 Å². The highest BCUT2D eigenvalue weighted by atomic mass is 79.9. The van der Waals surface area contributed by atoms with Crippen LogP contribution in [0.4, 0.5) is 0 Å². The Hall–Kier alpha value is -0.840. The van der Waals surface area contributed by atoms with Gasteiger partial charge in [0.2, 0.25) is 0 Å². The van der Waals surface area contributed by atoms with Gasteiger partial charge < -0.3 is 4.74 Å². The van der Waals surface area contributed by atoms with Gasteiger partial charge in [-0.2, -0.15) is 0 Å². The first-order valence-electron chi connectivity index (χ1n) is 5.41. The van der Waals surface area contributed by atoms with Crippen molar-refractivity contribution in [1.29, 1.82) is 0 Å². The molecule has 0 heterocycles. The van der Waals surface area contributed by atoms with E-state index in [2.05, 4.69) is 31.9 Å². The summed E-state index contributed by atoms with van der Waals surface area (Å²) in [4.78, 5) is 10.6. The molecular formula is C14H9Br2ClO2. The maximum absolute atomic E-state index is 10.6. The van der Waals surface area contributed by atoms with Crippen molar-refractivity contribution < 1.29 is 9.53 Å². The monoisotopic (exact) mass is 402 g/mol. The molecule has 2 nitrogen and oxygen atoms in total. The van der Waals surface area contributed by atoms with Crippen molar-refractivity contribution in [3.8, 4) is 5.75 Å². The number of carbonyl (C=O) groups excluding carboxylic acids is 1. The van der Waals surface area contributed by atoms with Crippen LogP contribution in [0, 0.1) is 0 Å². The molecule has 0 fully saturated rings. The van der Waals surface area contributed by atoms with Crippen LogP contribution >= 0.6 is 43.5 Å². The number of aldehydes is 1. The van der Waals surface area contributed by atoms with Gasteiger partial charge >= 0.3 is 0 Å². The van der Waals surface area contributed by atoms with Gasteiger partial charge in [-0.1, -0.05) is 33.6 Å². The number of hydrogen-bond acceptors (Lipinski definition) is 2. The van der Waals surface area contributed by atoms with Crippen LogP contribution in [0.3, 0.4) is 0 Å². The quantitative estimate of drug-likeness (QED) is 0.650. The zero-order valence-corrected chi connectivity index (χ0v) is 13.6. The molecule has 0 spiro atoms. The van der Waals surface area contributed by atoms with Gasteiger partial charge in [-0.15, -0.1) is 0 Å². The summed E-state index contributed by atoms with van der Waals surface area (Å²) in [5.74, 6) is 0.671. The molecule has 0 atom stereocenters. The summed E-state index contributed by atoms with van der Waals surface area (Å²) < 4.78 is 7.35. The average molecular weight is 404 g/mol. The van der Waals surface area contributed by atoms with Crippen molar-refractivity contribution in [2.24, 2.45) is 0 Å². The number of carbonyl (C=O) groups is 1. The van der Waals surface area contributed by atoms with Gasteiger partial charge in [-0.05, 0) is 46.3 Å². The second-order valence-electron chi connectivity index (χ2n) is 3.83. The summed E-state index contributed by atoms with van der Waals surface area (Å²) in [6, 6.07) is 10.8. The molecule has 0 N–H and O–H groups in total.